The third kappa shape index (κ3) is 4.26. The van der Waals surface area contributed by atoms with E-state index in [0.717, 1.165) is 32.0 Å². The molecule has 0 unspecified atom stereocenters. The van der Waals surface area contributed by atoms with Crippen molar-refractivity contribution in [2.45, 2.75) is 19.3 Å². The molecule has 1 aliphatic heterocycles. The Balaban J connectivity index is 1.98. The number of carbonyl (C=O) groups is 2. The minimum atomic E-state index is -0.762. The van der Waals surface area contributed by atoms with Gasteiger partial charge >= 0.3 is 5.97 Å². The molecule has 0 aliphatic carbocycles. The summed E-state index contributed by atoms with van der Waals surface area (Å²) in [6.45, 7) is 1.86. The second-order valence-corrected chi connectivity index (χ2v) is 5.13. The molecule has 1 aromatic carbocycles. The molecule has 1 heterocycles. The molecule has 5 nitrogen and oxygen atoms in total. The Bertz CT molecular complexity index is 528. The molecule has 1 aliphatic rings. The van der Waals surface area contributed by atoms with Crippen LogP contribution in [0.15, 0.2) is 18.2 Å². The maximum atomic E-state index is 13.5. The monoisotopic (exact) mass is 294 g/mol. The molecular weight excluding hydrogens is 275 g/mol. The highest BCUT2D eigenvalue weighted by molar-refractivity contribution is 5.94. The third-order valence-corrected chi connectivity index (χ3v) is 3.59. The summed E-state index contributed by atoms with van der Waals surface area (Å²) in [6.07, 6.45) is 2.39. The van der Waals surface area contributed by atoms with E-state index in [4.69, 9.17) is 0 Å². The highest BCUT2D eigenvalue weighted by Crippen LogP contribution is 2.19. The second-order valence-electron chi connectivity index (χ2n) is 5.13. The normalized spacial score (nSPS) is 15.5. The zero-order chi connectivity index (χ0) is 15.2. The Kier molecular flexibility index (Phi) is 5.27. The summed E-state index contributed by atoms with van der Waals surface area (Å²) in [5.41, 5.74) is 0.216. The van der Waals surface area contributed by atoms with Crippen molar-refractivity contribution in [2.75, 3.05) is 25.5 Å². The zero-order valence-corrected chi connectivity index (χ0v) is 11.9. The van der Waals surface area contributed by atoms with Crippen LogP contribution in [0.3, 0.4) is 0 Å². The number of ether oxygens (including phenoxy) is 1. The Morgan fingerprint density at radius 3 is 2.76 bits per heavy atom. The average molecular weight is 294 g/mol. The largest absolute Gasteiger partial charge is 0.465 e. The molecule has 1 saturated heterocycles. The minimum Gasteiger partial charge on any atom is -0.465 e. The van der Waals surface area contributed by atoms with Crippen LogP contribution in [0.2, 0.25) is 0 Å². The van der Waals surface area contributed by atoms with Crippen molar-refractivity contribution in [1.29, 1.82) is 0 Å². The maximum Gasteiger partial charge on any atom is 0.340 e. The van der Waals surface area contributed by atoms with Gasteiger partial charge in [-0.3, -0.25) is 4.79 Å². The SMILES string of the molecule is COC(=O)c1cc(NC(=O)CC2CCNCC2)ccc1F. The van der Waals surface area contributed by atoms with E-state index in [0.29, 0.717) is 18.0 Å². The van der Waals surface area contributed by atoms with E-state index in [2.05, 4.69) is 15.4 Å². The van der Waals surface area contributed by atoms with Crippen molar-refractivity contribution in [3.8, 4) is 0 Å². The van der Waals surface area contributed by atoms with Crippen LogP contribution in [0.4, 0.5) is 10.1 Å². The van der Waals surface area contributed by atoms with Crippen molar-refractivity contribution in [3.63, 3.8) is 0 Å². The number of hydrogen-bond donors (Lipinski definition) is 2. The van der Waals surface area contributed by atoms with Gasteiger partial charge in [-0.2, -0.15) is 0 Å². The van der Waals surface area contributed by atoms with E-state index in [1.807, 2.05) is 0 Å². The molecule has 2 rings (SSSR count). The molecule has 0 saturated carbocycles. The number of nitrogens with one attached hydrogen (secondary N) is 2. The first-order valence-corrected chi connectivity index (χ1v) is 6.98. The fourth-order valence-electron chi connectivity index (χ4n) is 2.43. The first-order chi connectivity index (χ1) is 10.1. The van der Waals surface area contributed by atoms with Gasteiger partial charge < -0.3 is 15.4 Å². The average Bonchev–Trinajstić information content (AvgIpc) is 2.49. The maximum absolute atomic E-state index is 13.5. The van der Waals surface area contributed by atoms with Gasteiger partial charge in [-0.15, -0.1) is 0 Å². The molecule has 0 spiro atoms. The Morgan fingerprint density at radius 1 is 1.38 bits per heavy atom. The van der Waals surface area contributed by atoms with Gasteiger partial charge in [0, 0.05) is 12.1 Å². The van der Waals surface area contributed by atoms with E-state index in [9.17, 15) is 14.0 Å². The molecular formula is C15H19FN2O3. The zero-order valence-electron chi connectivity index (χ0n) is 11.9. The Hall–Kier alpha value is -1.95. The highest BCUT2D eigenvalue weighted by Gasteiger charge is 2.18. The smallest absolute Gasteiger partial charge is 0.340 e. The number of amides is 1. The molecule has 0 atom stereocenters. The van der Waals surface area contributed by atoms with Gasteiger partial charge in [-0.1, -0.05) is 0 Å². The van der Waals surface area contributed by atoms with Crippen LogP contribution in [0.25, 0.3) is 0 Å². The van der Waals surface area contributed by atoms with Gasteiger partial charge in [-0.05, 0) is 50.0 Å². The van der Waals surface area contributed by atoms with Crippen molar-refractivity contribution in [1.82, 2.24) is 5.32 Å². The summed E-state index contributed by atoms with van der Waals surface area (Å²) in [5.74, 6) is -1.18. The van der Waals surface area contributed by atoms with E-state index >= 15 is 0 Å². The molecule has 1 aromatic rings. The molecule has 0 bridgehead atoms. The van der Waals surface area contributed by atoms with Crippen molar-refractivity contribution >= 4 is 17.6 Å². The molecule has 21 heavy (non-hydrogen) atoms. The number of benzene rings is 1. The van der Waals surface area contributed by atoms with Crippen LogP contribution >= 0.6 is 0 Å². The predicted molar refractivity (Wildman–Crippen MR) is 76.6 cm³/mol. The van der Waals surface area contributed by atoms with E-state index in [1.54, 1.807) is 0 Å². The number of rotatable bonds is 4. The van der Waals surface area contributed by atoms with Gasteiger partial charge in [0.2, 0.25) is 5.91 Å². The standard InChI is InChI=1S/C15H19FN2O3/c1-21-15(20)12-9-11(2-3-13(12)16)18-14(19)8-10-4-6-17-7-5-10/h2-3,9-10,17H,4-8H2,1H3,(H,18,19). The number of anilines is 1. The summed E-state index contributed by atoms with van der Waals surface area (Å²) >= 11 is 0. The van der Waals surface area contributed by atoms with Crippen LogP contribution in [0.5, 0.6) is 0 Å². The Morgan fingerprint density at radius 2 is 2.10 bits per heavy atom. The number of methoxy groups -OCH3 is 1. The van der Waals surface area contributed by atoms with Crippen LogP contribution in [-0.4, -0.2) is 32.1 Å². The minimum absolute atomic E-state index is 0.121. The lowest BCUT2D eigenvalue weighted by atomic mass is 9.94. The molecule has 0 aromatic heterocycles. The highest BCUT2D eigenvalue weighted by atomic mass is 19.1. The topological polar surface area (TPSA) is 67.4 Å². The number of halogens is 1. The molecule has 114 valence electrons. The summed E-state index contributed by atoms with van der Waals surface area (Å²) in [4.78, 5) is 23.4. The van der Waals surface area contributed by atoms with Crippen LogP contribution < -0.4 is 10.6 Å². The third-order valence-electron chi connectivity index (χ3n) is 3.59. The molecule has 1 fully saturated rings. The lowest BCUT2D eigenvalue weighted by Crippen LogP contribution is -2.30. The van der Waals surface area contributed by atoms with E-state index in [-0.39, 0.29) is 11.5 Å². The van der Waals surface area contributed by atoms with E-state index < -0.39 is 11.8 Å². The molecule has 0 radical (unpaired) electrons. The van der Waals surface area contributed by atoms with Gasteiger partial charge in [-0.25, -0.2) is 9.18 Å². The lowest BCUT2D eigenvalue weighted by Gasteiger charge is -2.21. The van der Waals surface area contributed by atoms with Gasteiger partial charge in [0.1, 0.15) is 5.82 Å². The summed E-state index contributed by atoms with van der Waals surface area (Å²) in [6, 6.07) is 3.87. The quantitative estimate of drug-likeness (QED) is 0.833. The summed E-state index contributed by atoms with van der Waals surface area (Å²) in [7, 11) is 1.18. The van der Waals surface area contributed by atoms with Crippen molar-refractivity contribution in [3.05, 3.63) is 29.6 Å². The van der Waals surface area contributed by atoms with Crippen molar-refractivity contribution < 1.29 is 18.7 Å². The lowest BCUT2D eigenvalue weighted by molar-refractivity contribution is -0.117. The van der Waals surface area contributed by atoms with Crippen molar-refractivity contribution in [2.24, 2.45) is 5.92 Å². The number of carbonyl (C=O) groups excluding carboxylic acids is 2. The first kappa shape index (κ1) is 15.4. The fourth-order valence-corrected chi connectivity index (χ4v) is 2.43. The van der Waals surface area contributed by atoms with Crippen LogP contribution in [-0.2, 0) is 9.53 Å². The van der Waals surface area contributed by atoms with Crippen LogP contribution in [0, 0.1) is 11.7 Å². The fraction of sp³-hybridized carbons (Fsp3) is 0.467. The summed E-state index contributed by atoms with van der Waals surface area (Å²) < 4.78 is 18.0. The first-order valence-electron chi connectivity index (χ1n) is 6.98. The second kappa shape index (κ2) is 7.17. The number of esters is 1. The molecule has 6 heteroatoms. The Labute approximate surface area is 122 Å². The van der Waals surface area contributed by atoms with Gasteiger partial charge in [0.05, 0.1) is 12.7 Å². The number of hydrogen-bond acceptors (Lipinski definition) is 4. The molecule has 2 N–H and O–H groups in total. The molecule has 1 amide bonds. The number of piperidine rings is 1. The van der Waals surface area contributed by atoms with Gasteiger partial charge in [0.25, 0.3) is 0 Å². The predicted octanol–water partition coefficient (Wildman–Crippen LogP) is 1.94. The van der Waals surface area contributed by atoms with Gasteiger partial charge in [0.15, 0.2) is 0 Å². The van der Waals surface area contributed by atoms with Crippen LogP contribution in [0.1, 0.15) is 29.6 Å². The van der Waals surface area contributed by atoms with E-state index in [1.165, 1.54) is 19.2 Å². The summed E-state index contributed by atoms with van der Waals surface area (Å²) in [5, 5.41) is 5.95.